The van der Waals surface area contributed by atoms with Crippen LogP contribution in [-0.4, -0.2) is 87.1 Å². The Hall–Kier alpha value is -6.27. The molecule has 3 aliphatic rings. The Kier molecular flexibility index (Phi) is 11.9. The smallest absolute Gasteiger partial charge is 0.407 e. The number of carbonyl (C=O) groups is 3. The maximum atomic E-state index is 14.1. The molecule has 6 aromatic rings. The number of H-pyrrole nitrogens is 2. The predicted octanol–water partition coefficient (Wildman–Crippen LogP) is 8.74. The van der Waals surface area contributed by atoms with Crippen molar-refractivity contribution in [2.75, 3.05) is 33.4 Å². The predicted molar refractivity (Wildman–Crippen MR) is 239 cm³/mol. The van der Waals surface area contributed by atoms with Crippen LogP contribution in [-0.2, 0) is 38.3 Å². The Morgan fingerprint density at radius 3 is 2.32 bits per heavy atom. The van der Waals surface area contributed by atoms with Crippen molar-refractivity contribution in [3.05, 3.63) is 120 Å². The molecule has 9 rings (SSSR count). The number of likely N-dealkylation sites (tertiary alicyclic amines) is 2. The van der Waals surface area contributed by atoms with Gasteiger partial charge in [0.05, 0.1) is 43.2 Å². The molecule has 3 amide bonds. The molecule has 1 aliphatic carbocycles. The van der Waals surface area contributed by atoms with E-state index >= 15 is 0 Å². The number of ether oxygens (including phenoxy) is 2. The van der Waals surface area contributed by atoms with Gasteiger partial charge in [0.1, 0.15) is 17.7 Å². The molecule has 4 aromatic carbocycles. The molecule has 12 nitrogen and oxygen atoms in total. The SMILES string of the molecule is CCOCCC(C)C(NC(=O)OC)C(=O)N1CCCC1c1nc2c([nH]1)CCc1cc(-c3ccc4cc(-c5cnc(C6CCCN6C(=O)Cc6ccccc6)[nH]5)ccc4c3)ccc1-2. The Labute approximate surface area is 362 Å². The van der Waals surface area contributed by atoms with Gasteiger partial charge in [-0.1, -0.05) is 79.7 Å². The number of fused-ring (bicyclic) bond motifs is 4. The lowest BCUT2D eigenvalue weighted by atomic mass is 9.89. The zero-order chi connectivity index (χ0) is 42.7. The largest absolute Gasteiger partial charge is 0.453 e. The van der Waals surface area contributed by atoms with Gasteiger partial charge in [0.25, 0.3) is 0 Å². The van der Waals surface area contributed by atoms with Gasteiger partial charge in [0.15, 0.2) is 0 Å². The number of imidazole rings is 2. The monoisotopic (exact) mass is 833 g/mol. The van der Waals surface area contributed by atoms with Gasteiger partial charge in [-0.3, -0.25) is 9.59 Å². The molecule has 62 heavy (non-hydrogen) atoms. The number of aryl methyl sites for hydroxylation is 2. The second kappa shape index (κ2) is 18.0. The Morgan fingerprint density at radius 2 is 1.55 bits per heavy atom. The molecular formula is C50H55N7O5. The van der Waals surface area contributed by atoms with Crippen LogP contribution in [0, 0.1) is 5.92 Å². The van der Waals surface area contributed by atoms with Crippen LogP contribution in [0.3, 0.4) is 0 Å². The summed E-state index contributed by atoms with van der Waals surface area (Å²) < 4.78 is 10.5. The fraction of sp³-hybridized carbons (Fsp3) is 0.380. The fourth-order valence-corrected chi connectivity index (χ4v) is 9.64. The summed E-state index contributed by atoms with van der Waals surface area (Å²) in [7, 11) is 1.31. The zero-order valence-electron chi connectivity index (χ0n) is 35.8. The number of carbonyl (C=O) groups excluding carboxylic acids is 3. The van der Waals surface area contributed by atoms with E-state index in [1.54, 1.807) is 0 Å². The van der Waals surface area contributed by atoms with Crippen LogP contribution in [0.5, 0.6) is 0 Å². The first-order valence-electron chi connectivity index (χ1n) is 22.2. The van der Waals surface area contributed by atoms with Crippen molar-refractivity contribution < 1.29 is 23.9 Å². The minimum Gasteiger partial charge on any atom is -0.453 e. The molecule has 0 bridgehead atoms. The summed E-state index contributed by atoms with van der Waals surface area (Å²) in [5, 5.41) is 5.10. The molecule has 0 saturated carbocycles. The van der Waals surface area contributed by atoms with Gasteiger partial charge in [-0.15, -0.1) is 0 Å². The van der Waals surface area contributed by atoms with Gasteiger partial charge < -0.3 is 34.6 Å². The van der Waals surface area contributed by atoms with Crippen molar-refractivity contribution in [3.8, 4) is 33.6 Å². The molecular weight excluding hydrogens is 779 g/mol. The fourth-order valence-electron chi connectivity index (χ4n) is 9.64. The van der Waals surface area contributed by atoms with Crippen molar-refractivity contribution in [3.63, 3.8) is 0 Å². The third-order valence-corrected chi connectivity index (χ3v) is 13.0. The quantitative estimate of drug-likeness (QED) is 0.0987. The van der Waals surface area contributed by atoms with E-state index in [2.05, 4.69) is 69.9 Å². The van der Waals surface area contributed by atoms with Gasteiger partial charge in [-0.05, 0) is 103 Å². The third kappa shape index (κ3) is 8.35. The number of nitrogens with one attached hydrogen (secondary N) is 3. The third-order valence-electron chi connectivity index (χ3n) is 13.0. The van der Waals surface area contributed by atoms with Crippen molar-refractivity contribution >= 4 is 28.7 Å². The number of aromatic amines is 2. The Morgan fingerprint density at radius 1 is 0.839 bits per heavy atom. The maximum Gasteiger partial charge on any atom is 0.407 e. The van der Waals surface area contributed by atoms with E-state index in [0.29, 0.717) is 32.6 Å². The van der Waals surface area contributed by atoms with Crippen molar-refractivity contribution in [2.24, 2.45) is 5.92 Å². The molecule has 2 aliphatic heterocycles. The number of aromatic nitrogens is 4. The van der Waals surface area contributed by atoms with Crippen molar-refractivity contribution in [1.29, 1.82) is 0 Å². The van der Waals surface area contributed by atoms with E-state index in [1.165, 1.54) is 12.7 Å². The second-order valence-electron chi connectivity index (χ2n) is 17.0. The van der Waals surface area contributed by atoms with Crippen LogP contribution >= 0.6 is 0 Å². The van der Waals surface area contributed by atoms with E-state index in [0.717, 1.165) is 112 Å². The van der Waals surface area contributed by atoms with Gasteiger partial charge >= 0.3 is 6.09 Å². The lowest BCUT2D eigenvalue weighted by Crippen LogP contribution is -2.51. The van der Waals surface area contributed by atoms with Crippen LogP contribution in [0.15, 0.2) is 91.1 Å². The average molecular weight is 834 g/mol. The Balaban J connectivity index is 0.894. The van der Waals surface area contributed by atoms with E-state index in [-0.39, 0.29) is 29.8 Å². The molecule has 12 heteroatoms. The summed E-state index contributed by atoms with van der Waals surface area (Å²) in [4.78, 5) is 60.7. The van der Waals surface area contributed by atoms with Gasteiger partial charge in [0.2, 0.25) is 11.8 Å². The number of amides is 3. The lowest BCUT2D eigenvalue weighted by molar-refractivity contribution is -0.136. The first kappa shape index (κ1) is 41.1. The molecule has 0 spiro atoms. The van der Waals surface area contributed by atoms with Crippen LogP contribution in [0.2, 0.25) is 0 Å². The van der Waals surface area contributed by atoms with Crippen LogP contribution < -0.4 is 5.32 Å². The highest BCUT2D eigenvalue weighted by molar-refractivity contribution is 5.91. The lowest BCUT2D eigenvalue weighted by Gasteiger charge is -2.31. The normalized spacial score (nSPS) is 18.0. The molecule has 4 heterocycles. The van der Waals surface area contributed by atoms with Crippen LogP contribution in [0.4, 0.5) is 4.79 Å². The molecule has 4 atom stereocenters. The number of methoxy groups -OCH3 is 1. The first-order valence-corrected chi connectivity index (χ1v) is 22.2. The van der Waals surface area contributed by atoms with Crippen LogP contribution in [0.25, 0.3) is 44.4 Å². The highest BCUT2D eigenvalue weighted by Gasteiger charge is 2.39. The number of benzene rings is 4. The number of hydrogen-bond acceptors (Lipinski definition) is 7. The summed E-state index contributed by atoms with van der Waals surface area (Å²) in [5.74, 6) is 1.51. The number of nitrogens with zero attached hydrogens (tertiary/aromatic N) is 4. The summed E-state index contributed by atoms with van der Waals surface area (Å²) >= 11 is 0. The van der Waals surface area contributed by atoms with E-state index in [4.69, 9.17) is 19.4 Å². The van der Waals surface area contributed by atoms with E-state index in [1.807, 2.05) is 60.2 Å². The molecule has 2 aromatic heterocycles. The van der Waals surface area contributed by atoms with E-state index < -0.39 is 12.1 Å². The highest BCUT2D eigenvalue weighted by Crippen LogP contribution is 2.40. The summed E-state index contributed by atoms with van der Waals surface area (Å²) in [5.41, 5.74) is 9.76. The second-order valence-corrected chi connectivity index (χ2v) is 17.0. The molecule has 2 saturated heterocycles. The van der Waals surface area contributed by atoms with Crippen LogP contribution in [0.1, 0.15) is 86.5 Å². The maximum absolute atomic E-state index is 14.1. The Bertz CT molecular complexity index is 2580. The number of rotatable bonds is 13. The summed E-state index contributed by atoms with van der Waals surface area (Å²) in [6, 6.07) is 28.7. The van der Waals surface area contributed by atoms with Crippen molar-refractivity contribution in [1.82, 2.24) is 35.1 Å². The topological polar surface area (TPSA) is 146 Å². The highest BCUT2D eigenvalue weighted by atomic mass is 16.5. The summed E-state index contributed by atoms with van der Waals surface area (Å²) in [6.45, 7) is 6.37. The first-order chi connectivity index (χ1) is 30.3. The molecule has 320 valence electrons. The minimum absolute atomic E-state index is 0.0452. The minimum atomic E-state index is -0.730. The van der Waals surface area contributed by atoms with Gasteiger partial charge in [-0.2, -0.15) is 0 Å². The van der Waals surface area contributed by atoms with Gasteiger partial charge in [-0.25, -0.2) is 14.8 Å². The zero-order valence-corrected chi connectivity index (χ0v) is 35.8. The number of alkyl carbamates (subject to hydrolysis) is 1. The molecule has 0 radical (unpaired) electrons. The van der Waals surface area contributed by atoms with Gasteiger partial charge in [0, 0.05) is 43.1 Å². The molecule has 2 fully saturated rings. The van der Waals surface area contributed by atoms with Crippen molar-refractivity contribution in [2.45, 2.75) is 83.3 Å². The standard InChI is InChI=1S/C50H55N7O5/c1-4-62-25-22-31(2)45(55-50(60)61-3)49(59)57-24-9-13-43(57)48-52-40-21-19-37-28-36(18-20-39(37)46(40)54-48)33-14-15-35-29-38(17-16-34(35)27-33)41-30-51-47(53-41)42-12-8-23-56(42)44(58)26-32-10-6-5-7-11-32/h5-7,10-11,14-18,20,27-31,42-43,45H,4,8-9,12-13,19,21-26H2,1-3H3,(H,51,53)(H,52,54)(H,55,60). The molecule has 4 unspecified atom stereocenters. The number of hydrogen-bond donors (Lipinski definition) is 3. The average Bonchev–Trinajstić information content (AvgIpc) is 4.14. The van der Waals surface area contributed by atoms with E-state index in [9.17, 15) is 14.4 Å². The summed E-state index contributed by atoms with van der Waals surface area (Å²) in [6.07, 6.45) is 7.54. The molecule has 3 N–H and O–H groups in total.